The van der Waals surface area contributed by atoms with Crippen LogP contribution < -0.4 is 14.4 Å². The predicted molar refractivity (Wildman–Crippen MR) is 111 cm³/mol. The monoisotopic (exact) mass is 398 g/mol. The number of anilines is 1. The summed E-state index contributed by atoms with van der Waals surface area (Å²) in [5, 5.41) is 3.00. The molecule has 6 nitrogen and oxygen atoms in total. The van der Waals surface area contributed by atoms with Crippen LogP contribution in [0.15, 0.2) is 24.3 Å². The van der Waals surface area contributed by atoms with Crippen molar-refractivity contribution >= 4 is 21.6 Å². The highest BCUT2D eigenvalue weighted by molar-refractivity contribution is 7.92. The molecule has 1 aromatic rings. The maximum atomic E-state index is 12.8. The Kier molecular flexibility index (Phi) is 7.33. The number of hydrogen-bond acceptors (Lipinski definition) is 4. The predicted octanol–water partition coefficient (Wildman–Crippen LogP) is 3.57. The number of carbonyl (C=O) groups is 1. The average molecular weight is 399 g/mol. The highest BCUT2D eigenvalue weighted by atomic mass is 32.2. The minimum Gasteiger partial charge on any atom is -0.494 e. The van der Waals surface area contributed by atoms with Crippen molar-refractivity contribution < 1.29 is 17.9 Å². The van der Waals surface area contributed by atoms with Crippen LogP contribution >= 0.6 is 0 Å². The van der Waals surface area contributed by atoms with Gasteiger partial charge in [0, 0.05) is 5.54 Å². The standard InChI is InChI=1S/C20H34N2O4S/c1-9-26-17-12-10-16(11-13-17)22(27(8,24)25)15(2)18(23)21-20(6,7)14-19(3,4)5/h10-13,15H,9,14H2,1-8H3,(H,21,23)/t15-/m1/s1. The average Bonchev–Trinajstić information content (AvgIpc) is 2.44. The number of rotatable bonds is 8. The summed E-state index contributed by atoms with van der Waals surface area (Å²) in [5.41, 5.74) is 0.00858. The summed E-state index contributed by atoms with van der Waals surface area (Å²) >= 11 is 0. The molecule has 0 unspecified atom stereocenters. The number of sulfonamides is 1. The fraction of sp³-hybridized carbons (Fsp3) is 0.650. The number of ether oxygens (including phenoxy) is 1. The minimum atomic E-state index is -3.65. The molecule has 1 rings (SSSR count). The minimum absolute atomic E-state index is 0.0334. The van der Waals surface area contributed by atoms with Crippen LogP contribution in [0, 0.1) is 5.41 Å². The van der Waals surface area contributed by atoms with Gasteiger partial charge in [0.05, 0.1) is 18.6 Å². The summed E-state index contributed by atoms with van der Waals surface area (Å²) in [6, 6.07) is 5.82. The van der Waals surface area contributed by atoms with Gasteiger partial charge in [0.2, 0.25) is 15.9 Å². The van der Waals surface area contributed by atoms with Crippen LogP contribution in [0.4, 0.5) is 5.69 Å². The molecule has 0 saturated heterocycles. The zero-order chi connectivity index (χ0) is 21.0. The van der Waals surface area contributed by atoms with Gasteiger partial charge in [-0.05, 0) is 63.8 Å². The van der Waals surface area contributed by atoms with E-state index in [9.17, 15) is 13.2 Å². The molecule has 0 spiro atoms. The van der Waals surface area contributed by atoms with Crippen LogP contribution in [0.25, 0.3) is 0 Å². The Balaban J connectivity index is 3.08. The fourth-order valence-corrected chi connectivity index (χ4v) is 4.65. The van der Waals surface area contributed by atoms with Gasteiger partial charge in [0.15, 0.2) is 0 Å². The second-order valence-corrected chi connectivity index (χ2v) is 10.6. The van der Waals surface area contributed by atoms with E-state index in [1.165, 1.54) is 0 Å². The van der Waals surface area contributed by atoms with Gasteiger partial charge in [-0.15, -0.1) is 0 Å². The summed E-state index contributed by atoms with van der Waals surface area (Å²) in [7, 11) is -3.65. The van der Waals surface area contributed by atoms with Gasteiger partial charge in [-0.3, -0.25) is 9.10 Å². The SMILES string of the molecule is CCOc1ccc(N([C@H](C)C(=O)NC(C)(C)CC(C)(C)C)S(C)(=O)=O)cc1. The van der Waals surface area contributed by atoms with E-state index in [0.29, 0.717) is 18.0 Å². The van der Waals surface area contributed by atoms with Crippen LogP contribution in [0.1, 0.15) is 54.9 Å². The molecule has 154 valence electrons. The van der Waals surface area contributed by atoms with Crippen molar-refractivity contribution in [2.45, 2.75) is 66.5 Å². The van der Waals surface area contributed by atoms with Gasteiger partial charge in [-0.25, -0.2) is 8.42 Å². The molecule has 1 N–H and O–H groups in total. The van der Waals surface area contributed by atoms with Gasteiger partial charge in [0.25, 0.3) is 0 Å². The lowest BCUT2D eigenvalue weighted by molar-refractivity contribution is -0.123. The van der Waals surface area contributed by atoms with E-state index in [2.05, 4.69) is 26.1 Å². The largest absolute Gasteiger partial charge is 0.494 e. The maximum absolute atomic E-state index is 12.8. The number of hydrogen-bond donors (Lipinski definition) is 1. The van der Waals surface area contributed by atoms with Crippen molar-refractivity contribution in [3.05, 3.63) is 24.3 Å². The van der Waals surface area contributed by atoms with Gasteiger partial charge < -0.3 is 10.1 Å². The van der Waals surface area contributed by atoms with E-state index in [0.717, 1.165) is 17.0 Å². The smallest absolute Gasteiger partial charge is 0.244 e. The Morgan fingerprint density at radius 2 is 1.67 bits per heavy atom. The van der Waals surface area contributed by atoms with E-state index < -0.39 is 21.6 Å². The first-order chi connectivity index (χ1) is 12.2. The molecule has 7 heteroatoms. The second-order valence-electron chi connectivity index (χ2n) is 8.77. The second kappa shape index (κ2) is 8.50. The maximum Gasteiger partial charge on any atom is 0.244 e. The van der Waals surface area contributed by atoms with Gasteiger partial charge in [-0.1, -0.05) is 20.8 Å². The zero-order valence-electron chi connectivity index (χ0n) is 17.8. The number of carbonyl (C=O) groups excluding carboxylic acids is 1. The molecule has 0 saturated carbocycles. The Labute approximate surface area is 164 Å². The first kappa shape index (κ1) is 23.3. The van der Waals surface area contributed by atoms with Crippen molar-refractivity contribution in [1.29, 1.82) is 0 Å². The normalized spacial score (nSPS) is 13.8. The third kappa shape index (κ3) is 7.40. The van der Waals surface area contributed by atoms with Gasteiger partial charge in [-0.2, -0.15) is 0 Å². The Morgan fingerprint density at radius 3 is 2.07 bits per heavy atom. The molecule has 0 aromatic heterocycles. The summed E-state index contributed by atoms with van der Waals surface area (Å²) in [6.07, 6.45) is 1.87. The van der Waals surface area contributed by atoms with Crippen LogP contribution in [-0.2, 0) is 14.8 Å². The summed E-state index contributed by atoms with van der Waals surface area (Å²) in [6.45, 7) is 14.2. The fourth-order valence-electron chi connectivity index (χ4n) is 3.47. The highest BCUT2D eigenvalue weighted by Gasteiger charge is 2.33. The van der Waals surface area contributed by atoms with Crippen LogP contribution in [-0.4, -0.2) is 38.8 Å². The molecule has 1 atom stereocenters. The molecular weight excluding hydrogens is 364 g/mol. The van der Waals surface area contributed by atoms with Crippen molar-refractivity contribution in [2.24, 2.45) is 5.41 Å². The number of amides is 1. The number of nitrogens with zero attached hydrogens (tertiary/aromatic N) is 1. The van der Waals surface area contributed by atoms with E-state index >= 15 is 0 Å². The quantitative estimate of drug-likeness (QED) is 0.726. The Bertz CT molecular complexity index is 734. The summed E-state index contributed by atoms with van der Waals surface area (Å²) in [4.78, 5) is 12.8. The van der Waals surface area contributed by atoms with E-state index in [1.54, 1.807) is 31.2 Å². The topological polar surface area (TPSA) is 75.7 Å². The summed E-state index contributed by atoms with van der Waals surface area (Å²) < 4.78 is 31.3. The molecule has 0 bridgehead atoms. The molecular formula is C20H34N2O4S. The molecule has 0 heterocycles. The molecule has 0 radical (unpaired) electrons. The molecule has 0 aliphatic rings. The number of benzene rings is 1. The molecule has 1 aromatic carbocycles. The molecule has 0 aliphatic carbocycles. The summed E-state index contributed by atoms with van der Waals surface area (Å²) in [5.74, 6) is 0.321. The van der Waals surface area contributed by atoms with Crippen molar-refractivity contribution in [3.8, 4) is 5.75 Å². The molecule has 1 amide bonds. The highest BCUT2D eigenvalue weighted by Crippen LogP contribution is 2.28. The van der Waals surface area contributed by atoms with Crippen molar-refractivity contribution in [1.82, 2.24) is 5.32 Å². The zero-order valence-corrected chi connectivity index (χ0v) is 18.6. The van der Waals surface area contributed by atoms with Crippen molar-refractivity contribution in [3.63, 3.8) is 0 Å². The number of nitrogens with one attached hydrogen (secondary N) is 1. The van der Waals surface area contributed by atoms with Crippen LogP contribution in [0.5, 0.6) is 5.75 Å². The van der Waals surface area contributed by atoms with E-state index in [-0.39, 0.29) is 11.3 Å². The lowest BCUT2D eigenvalue weighted by Gasteiger charge is -2.36. The van der Waals surface area contributed by atoms with Crippen molar-refractivity contribution in [2.75, 3.05) is 17.2 Å². The molecule has 0 fully saturated rings. The van der Waals surface area contributed by atoms with Gasteiger partial charge >= 0.3 is 0 Å². The van der Waals surface area contributed by atoms with Crippen LogP contribution in [0.2, 0.25) is 0 Å². The first-order valence-electron chi connectivity index (χ1n) is 9.20. The van der Waals surface area contributed by atoms with Crippen LogP contribution in [0.3, 0.4) is 0 Å². The van der Waals surface area contributed by atoms with Gasteiger partial charge in [0.1, 0.15) is 11.8 Å². The third-order valence-corrected chi connectivity index (χ3v) is 5.17. The first-order valence-corrected chi connectivity index (χ1v) is 11.1. The molecule has 0 aliphatic heterocycles. The third-order valence-electron chi connectivity index (χ3n) is 3.92. The van der Waals surface area contributed by atoms with E-state index in [1.807, 2.05) is 20.8 Å². The lowest BCUT2D eigenvalue weighted by Crippen LogP contribution is -2.54. The Morgan fingerprint density at radius 1 is 1.15 bits per heavy atom. The Hall–Kier alpha value is -1.76. The lowest BCUT2D eigenvalue weighted by atomic mass is 9.81. The van der Waals surface area contributed by atoms with E-state index in [4.69, 9.17) is 4.74 Å². The molecule has 27 heavy (non-hydrogen) atoms.